The zero-order valence-corrected chi connectivity index (χ0v) is 14.4. The third kappa shape index (κ3) is 2.13. The standard InChI is InChI=1S/C19H17N3O4/c1-19(9-26-10-19)22-14-6-4-3-5-13(14)21-18(22)11-7-15(25-2)17(24)16(23)12(11)8-20/h3-7,23-24H,9-10H2,1-2H3. The Bertz CT molecular complexity index is 1060. The number of benzene rings is 2. The van der Waals surface area contributed by atoms with Gasteiger partial charge in [-0.1, -0.05) is 12.1 Å². The number of methoxy groups -OCH3 is 1. The molecule has 0 unspecified atom stereocenters. The van der Waals surface area contributed by atoms with E-state index in [2.05, 4.69) is 6.92 Å². The van der Waals surface area contributed by atoms with E-state index in [1.165, 1.54) is 13.2 Å². The Hall–Kier alpha value is -3.24. The molecule has 132 valence electrons. The van der Waals surface area contributed by atoms with E-state index in [1.54, 1.807) is 0 Å². The molecule has 4 rings (SSSR count). The highest BCUT2D eigenvalue weighted by molar-refractivity contribution is 5.84. The number of nitriles is 1. The number of nitrogens with zero attached hydrogens (tertiary/aromatic N) is 3. The van der Waals surface area contributed by atoms with E-state index >= 15 is 0 Å². The quantitative estimate of drug-likeness (QED) is 0.704. The lowest BCUT2D eigenvalue weighted by Crippen LogP contribution is -2.49. The van der Waals surface area contributed by atoms with E-state index in [1.807, 2.05) is 34.9 Å². The maximum atomic E-state index is 10.3. The molecule has 1 aliphatic heterocycles. The van der Waals surface area contributed by atoms with E-state index in [0.29, 0.717) is 24.6 Å². The summed E-state index contributed by atoms with van der Waals surface area (Å²) in [5.74, 6) is -0.392. The fourth-order valence-electron chi connectivity index (χ4n) is 3.36. The number of aromatic hydroxyl groups is 2. The topological polar surface area (TPSA) is 101 Å². The van der Waals surface area contributed by atoms with Crippen LogP contribution in [0.2, 0.25) is 0 Å². The summed E-state index contributed by atoms with van der Waals surface area (Å²) in [6.07, 6.45) is 0. The number of phenols is 2. The first-order valence-corrected chi connectivity index (χ1v) is 8.09. The minimum Gasteiger partial charge on any atom is -0.503 e. The van der Waals surface area contributed by atoms with Gasteiger partial charge in [-0.25, -0.2) is 4.98 Å². The monoisotopic (exact) mass is 351 g/mol. The zero-order valence-electron chi connectivity index (χ0n) is 14.4. The summed E-state index contributed by atoms with van der Waals surface area (Å²) in [5.41, 5.74) is 1.70. The molecule has 2 N–H and O–H groups in total. The maximum Gasteiger partial charge on any atom is 0.201 e. The van der Waals surface area contributed by atoms with Gasteiger partial charge in [0.15, 0.2) is 11.5 Å². The van der Waals surface area contributed by atoms with Gasteiger partial charge in [0.2, 0.25) is 5.75 Å². The number of fused-ring (bicyclic) bond motifs is 1. The van der Waals surface area contributed by atoms with Gasteiger partial charge in [-0.15, -0.1) is 0 Å². The van der Waals surface area contributed by atoms with Crippen LogP contribution in [0.5, 0.6) is 17.2 Å². The molecule has 2 aromatic carbocycles. The van der Waals surface area contributed by atoms with Crippen LogP contribution in [-0.4, -0.2) is 40.1 Å². The molecule has 0 aliphatic carbocycles. The number of rotatable bonds is 3. The predicted octanol–water partition coefficient (Wildman–Crippen LogP) is 2.74. The minimum absolute atomic E-state index is 0.0521. The van der Waals surface area contributed by atoms with Crippen molar-refractivity contribution in [2.24, 2.45) is 0 Å². The third-order valence-electron chi connectivity index (χ3n) is 4.74. The Morgan fingerprint density at radius 3 is 2.62 bits per heavy atom. The van der Waals surface area contributed by atoms with Crippen molar-refractivity contribution in [3.8, 4) is 34.7 Å². The number of para-hydroxylation sites is 2. The van der Waals surface area contributed by atoms with Gasteiger partial charge in [-0.05, 0) is 25.1 Å². The number of aromatic nitrogens is 2. The summed E-state index contributed by atoms with van der Waals surface area (Å²) in [6.45, 7) is 3.09. The molecule has 1 aliphatic rings. The molecule has 0 atom stereocenters. The van der Waals surface area contributed by atoms with Gasteiger partial charge < -0.3 is 24.3 Å². The van der Waals surface area contributed by atoms with Crippen molar-refractivity contribution in [1.29, 1.82) is 5.26 Å². The summed E-state index contributed by atoms with van der Waals surface area (Å²) in [5, 5.41) is 29.9. The van der Waals surface area contributed by atoms with Gasteiger partial charge >= 0.3 is 0 Å². The first kappa shape index (κ1) is 16.2. The van der Waals surface area contributed by atoms with Crippen LogP contribution in [0, 0.1) is 11.3 Å². The van der Waals surface area contributed by atoms with Crippen LogP contribution in [0.4, 0.5) is 0 Å². The average Bonchev–Trinajstić information content (AvgIpc) is 3.01. The van der Waals surface area contributed by atoms with E-state index in [0.717, 1.165) is 11.0 Å². The van der Waals surface area contributed by atoms with Crippen LogP contribution >= 0.6 is 0 Å². The van der Waals surface area contributed by atoms with Crippen molar-refractivity contribution in [2.75, 3.05) is 20.3 Å². The largest absolute Gasteiger partial charge is 0.503 e. The lowest BCUT2D eigenvalue weighted by molar-refractivity contribution is -0.0868. The highest BCUT2D eigenvalue weighted by Gasteiger charge is 2.39. The number of phenolic OH excluding ortho intramolecular Hbond substituents is 2. The Morgan fingerprint density at radius 2 is 2.00 bits per heavy atom. The van der Waals surface area contributed by atoms with Gasteiger partial charge in [0.1, 0.15) is 17.5 Å². The second-order valence-corrected chi connectivity index (χ2v) is 6.56. The third-order valence-corrected chi connectivity index (χ3v) is 4.74. The van der Waals surface area contributed by atoms with Gasteiger partial charge in [0.05, 0.1) is 36.9 Å². The smallest absolute Gasteiger partial charge is 0.201 e. The molecule has 0 bridgehead atoms. The van der Waals surface area contributed by atoms with Crippen LogP contribution in [0.3, 0.4) is 0 Å². The van der Waals surface area contributed by atoms with Crippen LogP contribution in [-0.2, 0) is 10.3 Å². The first-order valence-electron chi connectivity index (χ1n) is 8.09. The zero-order chi connectivity index (χ0) is 18.5. The van der Waals surface area contributed by atoms with Crippen molar-refractivity contribution in [2.45, 2.75) is 12.5 Å². The van der Waals surface area contributed by atoms with Gasteiger partial charge in [0, 0.05) is 5.56 Å². The molecule has 0 radical (unpaired) electrons. The summed E-state index contributed by atoms with van der Waals surface area (Å²) in [4.78, 5) is 4.69. The Labute approximate surface area is 149 Å². The van der Waals surface area contributed by atoms with Crippen molar-refractivity contribution >= 4 is 11.0 Å². The van der Waals surface area contributed by atoms with E-state index in [-0.39, 0.29) is 16.9 Å². The SMILES string of the molecule is COc1cc(-c2nc3ccccc3n2C2(C)COC2)c(C#N)c(O)c1O. The molecular weight excluding hydrogens is 334 g/mol. The lowest BCUT2D eigenvalue weighted by atomic mass is 9.97. The molecule has 0 amide bonds. The molecule has 2 heterocycles. The normalized spacial score (nSPS) is 15.4. The summed E-state index contributed by atoms with van der Waals surface area (Å²) in [6, 6.07) is 11.1. The van der Waals surface area contributed by atoms with Crippen molar-refractivity contribution in [3.05, 3.63) is 35.9 Å². The molecule has 1 fully saturated rings. The predicted molar refractivity (Wildman–Crippen MR) is 94.2 cm³/mol. The first-order chi connectivity index (χ1) is 12.5. The van der Waals surface area contributed by atoms with E-state index < -0.39 is 11.5 Å². The highest BCUT2D eigenvalue weighted by atomic mass is 16.5. The fraction of sp³-hybridized carbons (Fsp3) is 0.263. The molecule has 7 nitrogen and oxygen atoms in total. The Morgan fingerprint density at radius 1 is 1.27 bits per heavy atom. The summed E-state index contributed by atoms with van der Waals surface area (Å²) in [7, 11) is 1.38. The molecule has 0 saturated carbocycles. The second-order valence-electron chi connectivity index (χ2n) is 6.56. The summed E-state index contributed by atoms with van der Waals surface area (Å²) >= 11 is 0. The van der Waals surface area contributed by atoms with E-state index in [9.17, 15) is 15.5 Å². The number of hydrogen-bond donors (Lipinski definition) is 2. The number of imidazole rings is 1. The van der Waals surface area contributed by atoms with Crippen molar-refractivity contribution < 1.29 is 19.7 Å². The number of hydrogen-bond acceptors (Lipinski definition) is 6. The minimum atomic E-state index is -0.518. The lowest BCUT2D eigenvalue weighted by Gasteiger charge is -2.40. The second kappa shape index (κ2) is 5.64. The molecule has 7 heteroatoms. The van der Waals surface area contributed by atoms with Crippen LogP contribution in [0.1, 0.15) is 12.5 Å². The summed E-state index contributed by atoms with van der Waals surface area (Å²) < 4.78 is 12.6. The average molecular weight is 351 g/mol. The molecule has 26 heavy (non-hydrogen) atoms. The molecule has 0 spiro atoms. The maximum absolute atomic E-state index is 10.3. The van der Waals surface area contributed by atoms with Crippen LogP contribution < -0.4 is 4.74 Å². The highest BCUT2D eigenvalue weighted by Crippen LogP contribution is 2.45. The molecule has 1 aromatic heterocycles. The molecular formula is C19H17N3O4. The van der Waals surface area contributed by atoms with E-state index in [4.69, 9.17) is 14.5 Å². The van der Waals surface area contributed by atoms with Crippen LogP contribution in [0.15, 0.2) is 30.3 Å². The van der Waals surface area contributed by atoms with Gasteiger partial charge in [-0.3, -0.25) is 0 Å². The van der Waals surface area contributed by atoms with Gasteiger partial charge in [-0.2, -0.15) is 5.26 Å². The number of ether oxygens (including phenoxy) is 2. The molecule has 1 saturated heterocycles. The van der Waals surface area contributed by atoms with Crippen molar-refractivity contribution in [1.82, 2.24) is 9.55 Å². The van der Waals surface area contributed by atoms with Gasteiger partial charge in [0.25, 0.3) is 0 Å². The Kier molecular flexibility index (Phi) is 3.53. The Balaban J connectivity index is 2.09. The fourth-order valence-corrected chi connectivity index (χ4v) is 3.36. The molecule has 3 aromatic rings. The van der Waals surface area contributed by atoms with Crippen LogP contribution in [0.25, 0.3) is 22.4 Å². The van der Waals surface area contributed by atoms with Crippen molar-refractivity contribution in [3.63, 3.8) is 0 Å².